The van der Waals surface area contributed by atoms with Crippen molar-refractivity contribution in [2.45, 2.75) is 20.0 Å². The van der Waals surface area contributed by atoms with E-state index >= 15 is 0 Å². The number of halogens is 2. The van der Waals surface area contributed by atoms with Gasteiger partial charge in [-0.3, -0.25) is 0 Å². The molecule has 0 aliphatic carbocycles. The smallest absolute Gasteiger partial charge is 0.132 e. The zero-order valence-corrected chi connectivity index (χ0v) is 8.90. The molecule has 1 atom stereocenters. The van der Waals surface area contributed by atoms with Crippen LogP contribution in [0.4, 0.5) is 4.39 Å². The molecule has 1 aromatic carbocycles. The summed E-state index contributed by atoms with van der Waals surface area (Å²) in [5, 5.41) is 9.97. The zero-order valence-electron chi connectivity index (χ0n) is 8.14. The summed E-state index contributed by atoms with van der Waals surface area (Å²) in [5.41, 5.74) is 6.46. The largest absolute Gasteiger partial charge is 0.387 e. The van der Waals surface area contributed by atoms with Crippen molar-refractivity contribution in [1.29, 1.82) is 0 Å². The summed E-state index contributed by atoms with van der Waals surface area (Å²) in [6.45, 7) is 3.25. The summed E-state index contributed by atoms with van der Waals surface area (Å²) in [5.74, 6) is -0.426. The van der Waals surface area contributed by atoms with Gasteiger partial charge in [-0.15, -0.1) is 0 Å². The molecule has 1 unspecified atom stereocenters. The van der Waals surface area contributed by atoms with Crippen molar-refractivity contribution in [2.75, 3.05) is 6.54 Å². The Hall–Kier alpha value is -0.640. The summed E-state index contributed by atoms with van der Waals surface area (Å²) in [6.07, 6.45) is -0.993. The zero-order chi connectivity index (χ0) is 10.9. The molecular weight excluding hydrogens is 205 g/mol. The second kappa shape index (κ2) is 4.26. The predicted molar refractivity (Wildman–Crippen MR) is 54.9 cm³/mol. The standard InChI is InChI=1S/C10H13ClFNO/c1-5-3-7(11)6(2)9(10(5)12)8(14)4-13/h3,8,14H,4,13H2,1-2H3. The topological polar surface area (TPSA) is 46.2 Å². The van der Waals surface area contributed by atoms with Crippen LogP contribution < -0.4 is 5.73 Å². The first-order chi connectivity index (χ1) is 6.49. The summed E-state index contributed by atoms with van der Waals surface area (Å²) < 4.78 is 13.6. The number of hydrogen-bond acceptors (Lipinski definition) is 2. The SMILES string of the molecule is Cc1cc(Cl)c(C)c(C(O)CN)c1F. The summed E-state index contributed by atoms with van der Waals surface area (Å²) in [4.78, 5) is 0. The van der Waals surface area contributed by atoms with Gasteiger partial charge in [0.1, 0.15) is 5.82 Å². The minimum absolute atomic E-state index is 0.0163. The number of benzene rings is 1. The van der Waals surface area contributed by atoms with Crippen molar-refractivity contribution < 1.29 is 9.50 Å². The van der Waals surface area contributed by atoms with Crippen molar-refractivity contribution in [2.24, 2.45) is 5.73 Å². The first-order valence-corrected chi connectivity index (χ1v) is 4.70. The van der Waals surface area contributed by atoms with Gasteiger partial charge in [-0.2, -0.15) is 0 Å². The third kappa shape index (κ3) is 1.90. The Morgan fingerprint density at radius 2 is 2.14 bits per heavy atom. The normalized spacial score (nSPS) is 13.0. The molecule has 0 aliphatic rings. The number of aliphatic hydroxyl groups is 1. The molecule has 1 aromatic rings. The molecule has 0 spiro atoms. The highest BCUT2D eigenvalue weighted by molar-refractivity contribution is 6.31. The maximum Gasteiger partial charge on any atom is 0.132 e. The van der Waals surface area contributed by atoms with Crippen LogP contribution in [0.25, 0.3) is 0 Å². The predicted octanol–water partition coefficient (Wildman–Crippen LogP) is 2.09. The van der Waals surface area contributed by atoms with Gasteiger partial charge in [0.05, 0.1) is 6.10 Å². The van der Waals surface area contributed by atoms with E-state index in [2.05, 4.69) is 0 Å². The van der Waals surface area contributed by atoms with E-state index in [1.54, 1.807) is 19.9 Å². The number of rotatable bonds is 2. The highest BCUT2D eigenvalue weighted by Gasteiger charge is 2.18. The molecule has 3 N–H and O–H groups in total. The molecule has 14 heavy (non-hydrogen) atoms. The van der Waals surface area contributed by atoms with E-state index in [1.807, 2.05) is 0 Å². The van der Waals surface area contributed by atoms with Gasteiger partial charge in [-0.1, -0.05) is 11.6 Å². The maximum absolute atomic E-state index is 13.6. The molecule has 2 nitrogen and oxygen atoms in total. The lowest BCUT2D eigenvalue weighted by molar-refractivity contribution is 0.181. The molecule has 0 aliphatic heterocycles. The van der Waals surface area contributed by atoms with Gasteiger partial charge in [0, 0.05) is 17.1 Å². The molecule has 0 saturated carbocycles. The van der Waals surface area contributed by atoms with Crippen molar-refractivity contribution in [1.82, 2.24) is 0 Å². The van der Waals surface area contributed by atoms with E-state index in [0.717, 1.165) is 0 Å². The fourth-order valence-corrected chi connectivity index (χ4v) is 1.65. The Morgan fingerprint density at radius 1 is 1.57 bits per heavy atom. The van der Waals surface area contributed by atoms with Crippen LogP contribution in [0.15, 0.2) is 6.07 Å². The summed E-state index contributed by atoms with van der Waals surface area (Å²) in [6, 6.07) is 1.54. The van der Waals surface area contributed by atoms with Crippen molar-refractivity contribution in [3.8, 4) is 0 Å². The van der Waals surface area contributed by atoms with Crippen LogP contribution in [0.3, 0.4) is 0 Å². The lowest BCUT2D eigenvalue weighted by Gasteiger charge is -2.15. The Bertz CT molecular complexity index is 328. The fourth-order valence-electron chi connectivity index (χ4n) is 1.38. The highest BCUT2D eigenvalue weighted by atomic mass is 35.5. The Kier molecular flexibility index (Phi) is 3.48. The van der Waals surface area contributed by atoms with Gasteiger partial charge in [-0.05, 0) is 31.0 Å². The van der Waals surface area contributed by atoms with Crippen LogP contribution in [0.2, 0.25) is 5.02 Å². The Morgan fingerprint density at radius 3 is 2.64 bits per heavy atom. The van der Waals surface area contributed by atoms with Gasteiger partial charge in [0.25, 0.3) is 0 Å². The molecule has 0 heterocycles. The first-order valence-electron chi connectivity index (χ1n) is 4.32. The van der Waals surface area contributed by atoms with E-state index in [-0.39, 0.29) is 12.1 Å². The van der Waals surface area contributed by atoms with E-state index in [4.69, 9.17) is 17.3 Å². The summed E-state index contributed by atoms with van der Waals surface area (Å²) in [7, 11) is 0. The minimum atomic E-state index is -0.993. The molecule has 0 saturated heterocycles. The number of aliphatic hydroxyl groups excluding tert-OH is 1. The molecule has 78 valence electrons. The quantitative estimate of drug-likeness (QED) is 0.797. The average molecular weight is 218 g/mol. The van der Waals surface area contributed by atoms with Crippen LogP contribution in [-0.2, 0) is 0 Å². The Labute approximate surface area is 87.5 Å². The number of hydrogen-bond donors (Lipinski definition) is 2. The third-order valence-electron chi connectivity index (χ3n) is 2.24. The molecule has 4 heteroatoms. The second-order valence-corrected chi connectivity index (χ2v) is 3.69. The molecule has 0 radical (unpaired) electrons. The molecular formula is C10H13ClFNO. The van der Waals surface area contributed by atoms with Gasteiger partial charge < -0.3 is 10.8 Å². The van der Waals surface area contributed by atoms with Crippen LogP contribution >= 0.6 is 11.6 Å². The van der Waals surface area contributed by atoms with Crippen LogP contribution in [0, 0.1) is 19.7 Å². The highest BCUT2D eigenvalue weighted by Crippen LogP contribution is 2.29. The van der Waals surface area contributed by atoms with Gasteiger partial charge in [-0.25, -0.2) is 4.39 Å². The van der Waals surface area contributed by atoms with E-state index < -0.39 is 11.9 Å². The monoisotopic (exact) mass is 217 g/mol. The lowest BCUT2D eigenvalue weighted by Crippen LogP contribution is -2.15. The molecule has 0 aromatic heterocycles. The minimum Gasteiger partial charge on any atom is -0.387 e. The van der Waals surface area contributed by atoms with Crippen LogP contribution in [0.1, 0.15) is 22.8 Å². The van der Waals surface area contributed by atoms with Crippen molar-refractivity contribution >= 4 is 11.6 Å². The molecule has 0 fully saturated rings. The van der Waals surface area contributed by atoms with E-state index in [9.17, 15) is 9.50 Å². The van der Waals surface area contributed by atoms with Crippen molar-refractivity contribution in [3.05, 3.63) is 33.6 Å². The number of aryl methyl sites for hydroxylation is 1. The van der Waals surface area contributed by atoms with Crippen molar-refractivity contribution in [3.63, 3.8) is 0 Å². The van der Waals surface area contributed by atoms with E-state index in [0.29, 0.717) is 16.1 Å². The summed E-state index contributed by atoms with van der Waals surface area (Å²) >= 11 is 5.87. The fraction of sp³-hybridized carbons (Fsp3) is 0.400. The van der Waals surface area contributed by atoms with Crippen LogP contribution in [0.5, 0.6) is 0 Å². The van der Waals surface area contributed by atoms with E-state index in [1.165, 1.54) is 0 Å². The Balaban J connectivity index is 3.39. The van der Waals surface area contributed by atoms with Crippen LogP contribution in [-0.4, -0.2) is 11.7 Å². The average Bonchev–Trinajstić information content (AvgIpc) is 2.15. The second-order valence-electron chi connectivity index (χ2n) is 3.28. The van der Waals surface area contributed by atoms with Gasteiger partial charge in [0.15, 0.2) is 0 Å². The third-order valence-corrected chi connectivity index (χ3v) is 2.64. The number of nitrogens with two attached hydrogens (primary N) is 1. The maximum atomic E-state index is 13.6. The lowest BCUT2D eigenvalue weighted by atomic mass is 9.99. The molecule has 1 rings (SSSR count). The molecule has 0 amide bonds. The van der Waals surface area contributed by atoms with Gasteiger partial charge in [0.2, 0.25) is 0 Å². The van der Waals surface area contributed by atoms with Gasteiger partial charge >= 0.3 is 0 Å². The first kappa shape index (κ1) is 11.4. The molecule has 0 bridgehead atoms.